The van der Waals surface area contributed by atoms with Crippen LogP contribution >= 0.6 is 0 Å². The number of benzene rings is 1. The maximum atomic E-state index is 10.7. The van der Waals surface area contributed by atoms with Gasteiger partial charge in [-0.25, -0.2) is 0 Å². The number of nitro benzene ring substituents is 1. The highest BCUT2D eigenvalue weighted by Crippen LogP contribution is 2.30. The van der Waals surface area contributed by atoms with Gasteiger partial charge in [-0.15, -0.1) is 0 Å². The van der Waals surface area contributed by atoms with Crippen LogP contribution in [-0.2, 0) is 6.54 Å². The predicted octanol–water partition coefficient (Wildman–Crippen LogP) is 1.05. The quantitative estimate of drug-likeness (QED) is 0.642. The second-order valence-corrected chi connectivity index (χ2v) is 4.62. The van der Waals surface area contributed by atoms with Crippen molar-refractivity contribution in [1.82, 2.24) is 9.80 Å². The van der Waals surface area contributed by atoms with Gasteiger partial charge in [0.05, 0.1) is 4.92 Å². The molecule has 0 aliphatic carbocycles. The zero-order valence-electron chi connectivity index (χ0n) is 10.4. The van der Waals surface area contributed by atoms with Crippen molar-refractivity contribution in [2.45, 2.75) is 6.54 Å². The number of rotatable bonds is 3. The van der Waals surface area contributed by atoms with E-state index in [1.54, 1.807) is 12.1 Å². The van der Waals surface area contributed by atoms with E-state index in [2.05, 4.69) is 16.8 Å². The van der Waals surface area contributed by atoms with E-state index in [4.69, 9.17) is 0 Å². The summed E-state index contributed by atoms with van der Waals surface area (Å²) >= 11 is 0. The number of para-hydroxylation sites is 1. The first-order valence-corrected chi connectivity index (χ1v) is 5.94. The Balaban J connectivity index is 2.10. The van der Waals surface area contributed by atoms with Crippen molar-refractivity contribution in [1.29, 1.82) is 0 Å². The van der Waals surface area contributed by atoms with E-state index in [0.717, 1.165) is 26.2 Å². The maximum Gasteiger partial charge on any atom is 0.311 e. The lowest BCUT2D eigenvalue weighted by molar-refractivity contribution is -0.385. The predicted molar refractivity (Wildman–Crippen MR) is 67.5 cm³/mol. The number of nitrogens with zero attached hydrogens (tertiary/aromatic N) is 3. The highest BCUT2D eigenvalue weighted by Gasteiger charge is 2.20. The van der Waals surface area contributed by atoms with Crippen LogP contribution in [0.2, 0.25) is 0 Å². The molecular formula is C12H17N3O3. The number of nitro groups is 1. The van der Waals surface area contributed by atoms with Crippen LogP contribution in [0.1, 0.15) is 5.56 Å². The van der Waals surface area contributed by atoms with Gasteiger partial charge in [-0.1, -0.05) is 12.1 Å². The van der Waals surface area contributed by atoms with Crippen LogP contribution in [0.25, 0.3) is 0 Å². The summed E-state index contributed by atoms with van der Waals surface area (Å²) in [5.74, 6) is -0.207. The fourth-order valence-corrected chi connectivity index (χ4v) is 2.10. The third kappa shape index (κ3) is 2.77. The van der Waals surface area contributed by atoms with Crippen LogP contribution in [0.15, 0.2) is 18.2 Å². The Hall–Kier alpha value is -1.66. The van der Waals surface area contributed by atoms with Crippen LogP contribution in [0, 0.1) is 10.1 Å². The summed E-state index contributed by atoms with van der Waals surface area (Å²) in [5.41, 5.74) is 0.399. The van der Waals surface area contributed by atoms with Crippen molar-refractivity contribution in [2.24, 2.45) is 0 Å². The first-order valence-electron chi connectivity index (χ1n) is 5.94. The molecule has 1 aromatic rings. The molecule has 0 bridgehead atoms. The smallest absolute Gasteiger partial charge is 0.311 e. The number of hydrogen-bond donors (Lipinski definition) is 1. The van der Waals surface area contributed by atoms with Gasteiger partial charge in [0.25, 0.3) is 0 Å². The van der Waals surface area contributed by atoms with Crippen molar-refractivity contribution in [3.8, 4) is 5.75 Å². The largest absolute Gasteiger partial charge is 0.502 e. The molecular weight excluding hydrogens is 234 g/mol. The Labute approximate surface area is 106 Å². The van der Waals surface area contributed by atoms with Crippen LogP contribution in [0.5, 0.6) is 5.75 Å². The average Bonchev–Trinajstić information content (AvgIpc) is 2.34. The molecule has 6 nitrogen and oxygen atoms in total. The topological polar surface area (TPSA) is 69.9 Å². The summed E-state index contributed by atoms with van der Waals surface area (Å²) < 4.78 is 0. The van der Waals surface area contributed by atoms with Gasteiger partial charge >= 0.3 is 5.69 Å². The van der Waals surface area contributed by atoms with Crippen LogP contribution in [-0.4, -0.2) is 53.1 Å². The Morgan fingerprint density at radius 3 is 2.61 bits per heavy atom. The Kier molecular flexibility index (Phi) is 3.78. The fourth-order valence-electron chi connectivity index (χ4n) is 2.10. The summed E-state index contributed by atoms with van der Waals surface area (Å²) in [6, 6.07) is 4.67. The van der Waals surface area contributed by atoms with Crippen molar-refractivity contribution < 1.29 is 10.0 Å². The second-order valence-electron chi connectivity index (χ2n) is 4.62. The molecule has 18 heavy (non-hydrogen) atoms. The Bertz CT molecular complexity index is 442. The number of piperazine rings is 1. The van der Waals surface area contributed by atoms with Crippen molar-refractivity contribution in [3.05, 3.63) is 33.9 Å². The number of phenolic OH excluding ortho intramolecular Hbond substituents is 1. The molecule has 1 aliphatic heterocycles. The van der Waals surface area contributed by atoms with E-state index in [9.17, 15) is 15.2 Å². The van der Waals surface area contributed by atoms with Gasteiger partial charge in [0, 0.05) is 44.4 Å². The van der Waals surface area contributed by atoms with Gasteiger partial charge < -0.3 is 10.0 Å². The molecule has 1 aromatic carbocycles. The van der Waals surface area contributed by atoms with E-state index in [1.807, 2.05) is 0 Å². The zero-order valence-corrected chi connectivity index (χ0v) is 10.4. The standard InChI is InChI=1S/C12H17N3O3/c1-13-5-7-14(8-6-13)9-10-3-2-4-11(12(10)16)15(17)18/h2-4,16H,5-9H2,1H3. The number of likely N-dealkylation sites (N-methyl/N-ethyl adjacent to an activating group) is 1. The average molecular weight is 251 g/mol. The van der Waals surface area contributed by atoms with Gasteiger partial charge in [0.2, 0.25) is 0 Å². The van der Waals surface area contributed by atoms with E-state index in [-0.39, 0.29) is 11.4 Å². The maximum absolute atomic E-state index is 10.7. The lowest BCUT2D eigenvalue weighted by atomic mass is 10.1. The molecule has 2 rings (SSSR count). The first kappa shape index (κ1) is 12.8. The summed E-state index contributed by atoms with van der Waals surface area (Å²) in [5, 5.41) is 20.6. The molecule has 0 atom stereocenters. The van der Waals surface area contributed by atoms with Crippen molar-refractivity contribution in [3.63, 3.8) is 0 Å². The van der Waals surface area contributed by atoms with E-state index in [1.165, 1.54) is 6.07 Å². The van der Waals surface area contributed by atoms with Gasteiger partial charge in [-0.3, -0.25) is 15.0 Å². The number of aromatic hydroxyl groups is 1. The molecule has 6 heteroatoms. The molecule has 0 aromatic heterocycles. The zero-order chi connectivity index (χ0) is 13.1. The van der Waals surface area contributed by atoms with Gasteiger partial charge in [0.1, 0.15) is 0 Å². The second kappa shape index (κ2) is 5.32. The third-order valence-corrected chi connectivity index (χ3v) is 3.28. The van der Waals surface area contributed by atoms with Crippen LogP contribution in [0.4, 0.5) is 5.69 Å². The summed E-state index contributed by atoms with van der Waals surface area (Å²) in [7, 11) is 2.07. The molecule has 1 saturated heterocycles. The highest BCUT2D eigenvalue weighted by atomic mass is 16.6. The molecule has 1 heterocycles. The SMILES string of the molecule is CN1CCN(Cc2cccc([N+](=O)[O-])c2O)CC1. The molecule has 0 spiro atoms. The minimum absolute atomic E-state index is 0.207. The lowest BCUT2D eigenvalue weighted by Gasteiger charge is -2.32. The van der Waals surface area contributed by atoms with Crippen LogP contribution in [0.3, 0.4) is 0 Å². The monoisotopic (exact) mass is 251 g/mol. The molecule has 98 valence electrons. The first-order chi connectivity index (χ1) is 8.58. The molecule has 1 aliphatic rings. The molecule has 1 N–H and O–H groups in total. The van der Waals surface area contributed by atoms with Gasteiger partial charge in [-0.2, -0.15) is 0 Å². The summed E-state index contributed by atoms with van der Waals surface area (Å²) in [6.45, 7) is 4.35. The minimum Gasteiger partial charge on any atom is -0.502 e. The van der Waals surface area contributed by atoms with Gasteiger partial charge in [-0.05, 0) is 7.05 Å². The number of hydrogen-bond acceptors (Lipinski definition) is 5. The summed E-state index contributed by atoms with van der Waals surface area (Å²) in [4.78, 5) is 14.6. The molecule has 0 unspecified atom stereocenters. The molecule has 0 amide bonds. The molecule has 0 saturated carbocycles. The van der Waals surface area contributed by atoms with Crippen molar-refractivity contribution >= 4 is 5.69 Å². The van der Waals surface area contributed by atoms with E-state index in [0.29, 0.717) is 12.1 Å². The minimum atomic E-state index is -0.553. The fraction of sp³-hybridized carbons (Fsp3) is 0.500. The lowest BCUT2D eigenvalue weighted by Crippen LogP contribution is -2.43. The normalized spacial score (nSPS) is 17.8. The van der Waals surface area contributed by atoms with E-state index < -0.39 is 4.92 Å². The van der Waals surface area contributed by atoms with Crippen molar-refractivity contribution in [2.75, 3.05) is 33.2 Å². The van der Waals surface area contributed by atoms with Gasteiger partial charge in [0.15, 0.2) is 5.75 Å². The molecule has 0 radical (unpaired) electrons. The molecule has 1 fully saturated rings. The highest BCUT2D eigenvalue weighted by molar-refractivity contribution is 5.50. The third-order valence-electron chi connectivity index (χ3n) is 3.28. The Morgan fingerprint density at radius 1 is 1.33 bits per heavy atom. The Morgan fingerprint density at radius 2 is 2.00 bits per heavy atom. The van der Waals surface area contributed by atoms with E-state index >= 15 is 0 Å². The summed E-state index contributed by atoms with van der Waals surface area (Å²) in [6.07, 6.45) is 0. The number of phenols is 1. The van der Waals surface area contributed by atoms with Crippen LogP contribution < -0.4 is 0 Å².